The number of hydrogen-bond donors (Lipinski definition) is 1. The summed E-state index contributed by atoms with van der Waals surface area (Å²) in [7, 11) is 0. The van der Waals surface area contributed by atoms with Crippen LogP contribution in [0.1, 0.15) is 44.3 Å². The third-order valence-corrected chi connectivity index (χ3v) is 4.01. The minimum absolute atomic E-state index is 0.0537. The first kappa shape index (κ1) is 11.3. The van der Waals surface area contributed by atoms with Crippen molar-refractivity contribution < 1.29 is 9.59 Å². The summed E-state index contributed by atoms with van der Waals surface area (Å²) in [5, 5.41) is 13.3. The molecule has 2 amide bonds. The third-order valence-electron chi connectivity index (χ3n) is 4.01. The third kappa shape index (κ3) is 1.89. The molecule has 0 bridgehead atoms. The average Bonchev–Trinajstić information content (AvgIpc) is 2.96. The SMILES string of the molecule is O=C1CC2(CCCC2)CC(=O)N1Cc1nn[nH]n1. The monoisotopic (exact) mass is 249 g/mol. The molecule has 1 aromatic heterocycles. The summed E-state index contributed by atoms with van der Waals surface area (Å²) in [5.41, 5.74) is -0.0537. The number of nitrogens with zero attached hydrogens (tertiary/aromatic N) is 4. The molecule has 1 spiro atoms. The molecule has 1 saturated heterocycles. The van der Waals surface area contributed by atoms with Gasteiger partial charge in [-0.05, 0) is 18.3 Å². The van der Waals surface area contributed by atoms with Crippen LogP contribution < -0.4 is 0 Å². The van der Waals surface area contributed by atoms with Crippen molar-refractivity contribution in [2.45, 2.75) is 45.1 Å². The number of carbonyl (C=O) groups excluding carboxylic acids is 2. The van der Waals surface area contributed by atoms with Crippen molar-refractivity contribution in [3.63, 3.8) is 0 Å². The molecule has 1 N–H and O–H groups in total. The number of nitrogens with one attached hydrogen (secondary N) is 1. The van der Waals surface area contributed by atoms with Crippen molar-refractivity contribution in [2.24, 2.45) is 5.41 Å². The summed E-state index contributed by atoms with van der Waals surface area (Å²) in [4.78, 5) is 25.5. The fourth-order valence-electron chi connectivity index (χ4n) is 3.08. The van der Waals surface area contributed by atoms with Crippen molar-refractivity contribution in [1.82, 2.24) is 25.5 Å². The van der Waals surface area contributed by atoms with Crippen molar-refractivity contribution >= 4 is 11.8 Å². The highest BCUT2D eigenvalue weighted by Crippen LogP contribution is 2.46. The number of aromatic amines is 1. The molecule has 0 aromatic carbocycles. The molecule has 2 heterocycles. The number of carbonyl (C=O) groups is 2. The van der Waals surface area contributed by atoms with Gasteiger partial charge in [0.15, 0.2) is 5.82 Å². The first-order chi connectivity index (χ1) is 8.69. The van der Waals surface area contributed by atoms with E-state index in [1.807, 2.05) is 0 Å². The molecule has 1 aromatic rings. The highest BCUT2D eigenvalue weighted by Gasteiger charge is 2.45. The lowest BCUT2D eigenvalue weighted by atomic mass is 9.76. The molecule has 18 heavy (non-hydrogen) atoms. The van der Waals surface area contributed by atoms with E-state index >= 15 is 0 Å². The Balaban J connectivity index is 1.74. The second kappa shape index (κ2) is 4.15. The summed E-state index contributed by atoms with van der Waals surface area (Å²) in [6.45, 7) is 0.129. The van der Waals surface area contributed by atoms with Gasteiger partial charge in [0.2, 0.25) is 11.8 Å². The van der Waals surface area contributed by atoms with Crippen molar-refractivity contribution in [2.75, 3.05) is 0 Å². The van der Waals surface area contributed by atoms with Gasteiger partial charge in [0, 0.05) is 12.8 Å². The lowest BCUT2D eigenvalue weighted by Crippen LogP contribution is -2.46. The van der Waals surface area contributed by atoms with E-state index in [1.165, 1.54) is 4.90 Å². The molecular weight excluding hydrogens is 234 g/mol. The highest BCUT2D eigenvalue weighted by molar-refractivity contribution is 5.98. The molecule has 7 nitrogen and oxygen atoms in total. The number of H-pyrrole nitrogens is 1. The molecule has 2 fully saturated rings. The zero-order valence-corrected chi connectivity index (χ0v) is 10.1. The minimum Gasteiger partial charge on any atom is -0.275 e. The number of likely N-dealkylation sites (tertiary alicyclic amines) is 1. The van der Waals surface area contributed by atoms with Crippen molar-refractivity contribution in [3.05, 3.63) is 5.82 Å². The Labute approximate surface area is 104 Å². The van der Waals surface area contributed by atoms with E-state index in [0.717, 1.165) is 25.7 Å². The van der Waals surface area contributed by atoms with Gasteiger partial charge >= 0.3 is 0 Å². The number of aromatic nitrogens is 4. The van der Waals surface area contributed by atoms with Crippen molar-refractivity contribution in [1.29, 1.82) is 0 Å². The van der Waals surface area contributed by atoms with E-state index in [9.17, 15) is 9.59 Å². The van der Waals surface area contributed by atoms with Gasteiger partial charge in [-0.2, -0.15) is 5.21 Å². The van der Waals surface area contributed by atoms with E-state index in [2.05, 4.69) is 20.6 Å². The lowest BCUT2D eigenvalue weighted by Gasteiger charge is -2.36. The maximum absolute atomic E-state index is 12.1. The number of imide groups is 1. The van der Waals surface area contributed by atoms with Crippen LogP contribution in [0.5, 0.6) is 0 Å². The van der Waals surface area contributed by atoms with E-state index in [1.54, 1.807) is 0 Å². The number of tetrazole rings is 1. The van der Waals surface area contributed by atoms with E-state index < -0.39 is 0 Å². The maximum atomic E-state index is 12.1. The molecule has 1 aliphatic heterocycles. The Hall–Kier alpha value is -1.79. The fourth-order valence-corrected chi connectivity index (χ4v) is 3.08. The Bertz CT molecular complexity index is 444. The summed E-state index contributed by atoms with van der Waals surface area (Å²) in [6, 6.07) is 0. The fraction of sp³-hybridized carbons (Fsp3) is 0.727. The molecule has 2 aliphatic rings. The van der Waals surface area contributed by atoms with E-state index in [0.29, 0.717) is 18.7 Å². The van der Waals surface area contributed by atoms with Gasteiger partial charge in [0.25, 0.3) is 0 Å². The smallest absolute Gasteiger partial charge is 0.230 e. The number of rotatable bonds is 2. The Kier molecular flexibility index (Phi) is 2.61. The molecule has 0 radical (unpaired) electrons. The van der Waals surface area contributed by atoms with Crippen LogP contribution in [-0.2, 0) is 16.1 Å². The van der Waals surface area contributed by atoms with Crippen LogP contribution in [0.2, 0.25) is 0 Å². The standard InChI is InChI=1S/C11H15N5O2/c17-9-5-11(3-1-2-4-11)6-10(18)16(9)7-8-12-14-15-13-8/h1-7H2,(H,12,13,14,15). The molecular formula is C11H15N5O2. The summed E-state index contributed by atoms with van der Waals surface area (Å²) >= 11 is 0. The minimum atomic E-state index is -0.0991. The molecule has 3 rings (SSSR count). The maximum Gasteiger partial charge on any atom is 0.230 e. The van der Waals surface area contributed by atoms with Gasteiger partial charge in [-0.25, -0.2) is 0 Å². The second-order valence-electron chi connectivity index (χ2n) is 5.26. The normalized spacial score (nSPS) is 23.0. The predicted octanol–water partition coefficient (Wildman–Crippen LogP) is 0.409. The first-order valence-corrected chi connectivity index (χ1v) is 6.24. The lowest BCUT2D eigenvalue weighted by molar-refractivity contribution is -0.154. The van der Waals surface area contributed by atoms with E-state index in [4.69, 9.17) is 0 Å². The van der Waals surface area contributed by atoms with Crippen LogP contribution in [0, 0.1) is 5.41 Å². The molecule has 1 saturated carbocycles. The van der Waals surface area contributed by atoms with Gasteiger partial charge in [0.1, 0.15) is 0 Å². The number of amides is 2. The highest BCUT2D eigenvalue weighted by atomic mass is 16.2. The predicted molar refractivity (Wildman–Crippen MR) is 59.9 cm³/mol. The Morgan fingerprint density at radius 1 is 1.17 bits per heavy atom. The molecule has 7 heteroatoms. The van der Waals surface area contributed by atoms with Crippen molar-refractivity contribution in [3.8, 4) is 0 Å². The van der Waals surface area contributed by atoms with Crippen LogP contribution in [0.25, 0.3) is 0 Å². The van der Waals surface area contributed by atoms with Gasteiger partial charge in [-0.15, -0.1) is 10.2 Å². The first-order valence-electron chi connectivity index (χ1n) is 6.24. The average molecular weight is 249 g/mol. The topological polar surface area (TPSA) is 91.8 Å². The van der Waals surface area contributed by atoms with Gasteiger partial charge in [0.05, 0.1) is 6.54 Å². The summed E-state index contributed by atoms with van der Waals surface area (Å²) in [5.74, 6) is 0.176. The Morgan fingerprint density at radius 3 is 2.39 bits per heavy atom. The van der Waals surface area contributed by atoms with Crippen LogP contribution in [0.3, 0.4) is 0 Å². The zero-order valence-electron chi connectivity index (χ0n) is 10.1. The number of hydrogen-bond acceptors (Lipinski definition) is 5. The van der Waals surface area contributed by atoms with Crippen LogP contribution in [0.15, 0.2) is 0 Å². The molecule has 0 atom stereocenters. The van der Waals surface area contributed by atoms with Crippen LogP contribution in [0.4, 0.5) is 0 Å². The van der Waals surface area contributed by atoms with Crippen LogP contribution in [-0.4, -0.2) is 37.3 Å². The second-order valence-corrected chi connectivity index (χ2v) is 5.26. The number of piperidine rings is 1. The quantitative estimate of drug-likeness (QED) is 0.766. The molecule has 0 unspecified atom stereocenters. The summed E-state index contributed by atoms with van der Waals surface area (Å²) < 4.78 is 0. The summed E-state index contributed by atoms with van der Waals surface area (Å²) in [6.07, 6.45) is 5.23. The molecule has 96 valence electrons. The Morgan fingerprint density at radius 2 is 1.83 bits per heavy atom. The van der Waals surface area contributed by atoms with E-state index in [-0.39, 0.29) is 23.8 Å². The zero-order chi connectivity index (χ0) is 12.6. The van der Waals surface area contributed by atoms with Gasteiger partial charge in [-0.1, -0.05) is 18.1 Å². The van der Waals surface area contributed by atoms with Gasteiger partial charge < -0.3 is 0 Å². The van der Waals surface area contributed by atoms with Gasteiger partial charge in [-0.3, -0.25) is 14.5 Å². The largest absolute Gasteiger partial charge is 0.275 e. The molecule has 1 aliphatic carbocycles. The van der Waals surface area contributed by atoms with Crippen LogP contribution >= 0.6 is 0 Å².